The molecule has 0 fully saturated rings. The van der Waals surface area contributed by atoms with Gasteiger partial charge in [0, 0.05) is 22.6 Å². The van der Waals surface area contributed by atoms with Gasteiger partial charge in [0.25, 0.3) is 5.91 Å². The number of ether oxygens (including phenoxy) is 1. The molecule has 1 N–H and O–H groups in total. The van der Waals surface area contributed by atoms with Crippen LogP contribution < -0.4 is 10.1 Å². The maximum Gasteiger partial charge on any atom is 0.261 e. The highest BCUT2D eigenvalue weighted by atomic mass is 79.9. The van der Waals surface area contributed by atoms with Crippen molar-refractivity contribution in [2.24, 2.45) is 0 Å². The van der Waals surface area contributed by atoms with Crippen LogP contribution in [-0.4, -0.2) is 35.9 Å². The van der Waals surface area contributed by atoms with Crippen molar-refractivity contribution < 1.29 is 14.3 Å². The number of carbonyl (C=O) groups is 2. The molecule has 1 atom stereocenters. The number of nitrogens with zero attached hydrogens (tertiary/aromatic N) is 1. The second-order valence-corrected chi connectivity index (χ2v) is 8.75. The second kappa shape index (κ2) is 12.1. The SMILES string of the molecule is CCCNC(=O)[C@@H](CC)N(Cc1ccc(Cl)cc1)C(=O)COc1cc(C)c(Br)c(C)c1. The van der Waals surface area contributed by atoms with Crippen LogP contribution in [0.15, 0.2) is 40.9 Å². The Kier molecular flexibility index (Phi) is 9.85. The molecule has 0 unspecified atom stereocenters. The Labute approximate surface area is 198 Å². The van der Waals surface area contributed by atoms with Gasteiger partial charge >= 0.3 is 0 Å². The molecule has 0 aliphatic carbocycles. The van der Waals surface area contributed by atoms with Crippen molar-refractivity contribution in [1.82, 2.24) is 10.2 Å². The minimum atomic E-state index is -0.577. The smallest absolute Gasteiger partial charge is 0.261 e. The summed E-state index contributed by atoms with van der Waals surface area (Å²) in [6.45, 7) is 8.58. The van der Waals surface area contributed by atoms with Crippen LogP contribution in [0.5, 0.6) is 5.75 Å². The van der Waals surface area contributed by atoms with Crippen molar-refractivity contribution in [1.29, 1.82) is 0 Å². The van der Waals surface area contributed by atoms with Crippen LogP contribution in [-0.2, 0) is 16.1 Å². The molecular weight excluding hydrogens is 480 g/mol. The van der Waals surface area contributed by atoms with Crippen molar-refractivity contribution in [3.8, 4) is 5.75 Å². The number of benzene rings is 2. The van der Waals surface area contributed by atoms with Gasteiger partial charge in [0.2, 0.25) is 5.91 Å². The molecule has 0 aliphatic heterocycles. The highest BCUT2D eigenvalue weighted by molar-refractivity contribution is 9.10. The molecule has 0 saturated carbocycles. The highest BCUT2D eigenvalue weighted by Gasteiger charge is 2.28. The van der Waals surface area contributed by atoms with E-state index in [9.17, 15) is 9.59 Å². The summed E-state index contributed by atoms with van der Waals surface area (Å²) in [5.41, 5.74) is 2.96. The van der Waals surface area contributed by atoms with E-state index >= 15 is 0 Å². The minimum absolute atomic E-state index is 0.147. The third kappa shape index (κ3) is 7.25. The number of nitrogens with one attached hydrogen (secondary N) is 1. The average molecular weight is 510 g/mol. The first-order valence-electron chi connectivity index (χ1n) is 10.5. The first-order valence-corrected chi connectivity index (χ1v) is 11.6. The third-order valence-corrected chi connectivity index (χ3v) is 6.48. The third-order valence-electron chi connectivity index (χ3n) is 4.97. The summed E-state index contributed by atoms with van der Waals surface area (Å²) < 4.78 is 6.84. The van der Waals surface area contributed by atoms with E-state index in [1.54, 1.807) is 17.0 Å². The number of halogens is 2. The van der Waals surface area contributed by atoms with Crippen molar-refractivity contribution in [2.45, 2.75) is 53.1 Å². The van der Waals surface area contributed by atoms with E-state index in [0.717, 1.165) is 27.6 Å². The Bertz CT molecular complexity index is 879. The maximum absolute atomic E-state index is 13.2. The second-order valence-electron chi connectivity index (χ2n) is 7.52. The van der Waals surface area contributed by atoms with Gasteiger partial charge < -0.3 is 15.0 Å². The lowest BCUT2D eigenvalue weighted by Gasteiger charge is -2.30. The van der Waals surface area contributed by atoms with Crippen molar-refractivity contribution >= 4 is 39.3 Å². The standard InChI is InChI=1S/C24H30BrClN2O3/c1-5-11-27-24(30)21(6-2)28(14-18-7-9-19(26)10-8-18)22(29)15-31-20-12-16(3)23(25)17(4)13-20/h7-10,12-13,21H,5-6,11,14-15H2,1-4H3,(H,27,30)/t21-/m1/s1. The van der Waals surface area contributed by atoms with E-state index in [1.165, 1.54) is 0 Å². The molecule has 168 valence electrons. The van der Waals surface area contributed by atoms with E-state index in [2.05, 4.69) is 21.2 Å². The summed E-state index contributed by atoms with van der Waals surface area (Å²) >= 11 is 9.53. The normalized spacial score (nSPS) is 11.7. The van der Waals surface area contributed by atoms with E-state index in [0.29, 0.717) is 30.3 Å². The lowest BCUT2D eigenvalue weighted by Crippen LogP contribution is -2.50. The zero-order chi connectivity index (χ0) is 23.0. The number of hydrogen-bond acceptors (Lipinski definition) is 3. The van der Waals surface area contributed by atoms with Gasteiger partial charge in [0.15, 0.2) is 6.61 Å². The van der Waals surface area contributed by atoms with Crippen molar-refractivity contribution in [2.75, 3.05) is 13.2 Å². The van der Waals surface area contributed by atoms with Crippen LogP contribution in [0, 0.1) is 13.8 Å². The van der Waals surface area contributed by atoms with Gasteiger partial charge in [-0.3, -0.25) is 9.59 Å². The lowest BCUT2D eigenvalue weighted by atomic mass is 10.1. The number of rotatable bonds is 10. The molecule has 2 amide bonds. The van der Waals surface area contributed by atoms with Gasteiger partial charge in [0.05, 0.1) is 0 Å². The Morgan fingerprint density at radius 2 is 1.74 bits per heavy atom. The number of amides is 2. The summed E-state index contributed by atoms with van der Waals surface area (Å²) in [4.78, 5) is 27.5. The predicted octanol–water partition coefficient (Wildman–Crippen LogP) is 5.43. The van der Waals surface area contributed by atoms with Crippen molar-refractivity contribution in [3.05, 3.63) is 62.6 Å². The molecule has 0 radical (unpaired) electrons. The fraction of sp³-hybridized carbons (Fsp3) is 0.417. The summed E-state index contributed by atoms with van der Waals surface area (Å²) in [6.07, 6.45) is 1.34. The molecule has 0 saturated heterocycles. The van der Waals surface area contributed by atoms with Gasteiger partial charge in [0.1, 0.15) is 11.8 Å². The monoisotopic (exact) mass is 508 g/mol. The van der Waals surface area contributed by atoms with E-state index in [4.69, 9.17) is 16.3 Å². The number of hydrogen-bond donors (Lipinski definition) is 1. The quantitative estimate of drug-likeness (QED) is 0.464. The fourth-order valence-electron chi connectivity index (χ4n) is 3.29. The first-order chi connectivity index (χ1) is 14.8. The summed E-state index contributed by atoms with van der Waals surface area (Å²) in [6, 6.07) is 10.5. The van der Waals surface area contributed by atoms with Crippen molar-refractivity contribution in [3.63, 3.8) is 0 Å². The molecule has 2 aromatic carbocycles. The van der Waals surface area contributed by atoms with Crippen LogP contribution in [0.25, 0.3) is 0 Å². The minimum Gasteiger partial charge on any atom is -0.484 e. The Morgan fingerprint density at radius 3 is 2.29 bits per heavy atom. The highest BCUT2D eigenvalue weighted by Crippen LogP contribution is 2.26. The molecular formula is C24H30BrClN2O3. The Morgan fingerprint density at radius 1 is 1.13 bits per heavy atom. The first kappa shape index (κ1) is 25.2. The molecule has 7 heteroatoms. The molecule has 2 rings (SSSR count). The zero-order valence-electron chi connectivity index (χ0n) is 18.5. The molecule has 0 spiro atoms. The van der Waals surface area contributed by atoms with Gasteiger partial charge in [-0.05, 0) is 67.6 Å². The molecule has 0 heterocycles. The van der Waals surface area contributed by atoms with E-state index < -0.39 is 6.04 Å². The van der Waals surface area contributed by atoms with Crippen LogP contribution in [0.3, 0.4) is 0 Å². The number of carbonyl (C=O) groups excluding carboxylic acids is 2. The molecule has 31 heavy (non-hydrogen) atoms. The largest absolute Gasteiger partial charge is 0.484 e. The van der Waals surface area contributed by atoms with Crippen LogP contribution >= 0.6 is 27.5 Å². The Hall–Kier alpha value is -2.05. The van der Waals surface area contributed by atoms with Crippen LogP contribution in [0.4, 0.5) is 0 Å². The molecule has 5 nitrogen and oxygen atoms in total. The molecule has 0 bridgehead atoms. The lowest BCUT2D eigenvalue weighted by molar-refractivity contribution is -0.143. The van der Waals surface area contributed by atoms with Gasteiger partial charge in [-0.1, -0.05) is 53.5 Å². The van der Waals surface area contributed by atoms with Gasteiger partial charge in [-0.2, -0.15) is 0 Å². The fourth-order valence-corrected chi connectivity index (χ4v) is 3.64. The molecule has 0 aromatic heterocycles. The number of aryl methyl sites for hydroxylation is 2. The van der Waals surface area contributed by atoms with E-state index in [-0.39, 0.29) is 18.4 Å². The van der Waals surface area contributed by atoms with E-state index in [1.807, 2.05) is 52.0 Å². The Balaban J connectivity index is 2.21. The summed E-state index contributed by atoms with van der Waals surface area (Å²) in [5.74, 6) is 0.232. The molecule has 2 aromatic rings. The topological polar surface area (TPSA) is 58.6 Å². The zero-order valence-corrected chi connectivity index (χ0v) is 20.8. The van der Waals surface area contributed by atoms with Gasteiger partial charge in [-0.25, -0.2) is 0 Å². The van der Waals surface area contributed by atoms with Crippen LogP contribution in [0.1, 0.15) is 43.4 Å². The van der Waals surface area contributed by atoms with Gasteiger partial charge in [-0.15, -0.1) is 0 Å². The van der Waals surface area contributed by atoms with Crippen LogP contribution in [0.2, 0.25) is 5.02 Å². The summed E-state index contributed by atoms with van der Waals surface area (Å²) in [5, 5.41) is 3.53. The summed E-state index contributed by atoms with van der Waals surface area (Å²) in [7, 11) is 0. The molecule has 0 aliphatic rings. The maximum atomic E-state index is 13.2. The predicted molar refractivity (Wildman–Crippen MR) is 128 cm³/mol. The average Bonchev–Trinajstić information content (AvgIpc) is 2.75.